The van der Waals surface area contributed by atoms with Crippen LogP contribution in [0.25, 0.3) is 6.08 Å². The molecule has 0 saturated heterocycles. The van der Waals surface area contributed by atoms with Crippen molar-refractivity contribution in [3.05, 3.63) is 90.0 Å². The summed E-state index contributed by atoms with van der Waals surface area (Å²) >= 11 is 0. The molecule has 1 heterocycles. The van der Waals surface area contributed by atoms with Gasteiger partial charge < -0.3 is 19.4 Å². The molecule has 1 amide bonds. The Morgan fingerprint density at radius 1 is 1.12 bits per heavy atom. The van der Waals surface area contributed by atoms with Crippen LogP contribution in [0.2, 0.25) is 0 Å². The molecule has 0 fully saturated rings. The summed E-state index contributed by atoms with van der Waals surface area (Å²) in [6.07, 6.45) is 1.00. The summed E-state index contributed by atoms with van der Waals surface area (Å²) in [7, 11) is 1.80. The van der Waals surface area contributed by atoms with Gasteiger partial charge in [0.1, 0.15) is 17.6 Å². The van der Waals surface area contributed by atoms with Gasteiger partial charge in [-0.2, -0.15) is 0 Å². The number of ether oxygens (including phenoxy) is 2. The van der Waals surface area contributed by atoms with Crippen molar-refractivity contribution in [2.45, 2.75) is 12.4 Å². The molecular weight excluding hydrogens is 439 g/mol. The molecule has 0 aliphatic carbocycles. The van der Waals surface area contributed by atoms with E-state index in [2.05, 4.69) is 15.0 Å². The maximum absolute atomic E-state index is 12.4. The smallest absolute Gasteiger partial charge is 0.452 e. The number of imidazole rings is 1. The third kappa shape index (κ3) is 7.23. The van der Waals surface area contributed by atoms with Gasteiger partial charge in [-0.3, -0.25) is 4.79 Å². The Labute approximate surface area is 187 Å². The highest BCUT2D eigenvalue weighted by Gasteiger charge is 2.30. The average Bonchev–Trinajstić information content (AvgIpc) is 3.20. The Morgan fingerprint density at radius 2 is 1.82 bits per heavy atom. The van der Waals surface area contributed by atoms with Gasteiger partial charge in [0.05, 0.1) is 0 Å². The number of carbonyl (C=O) groups is 2. The standard InChI is InChI=1S/C23H20F3N3O4/c1-29-14-13-27-22(29)21(17-5-3-2-4-6-17)28-19(30)15-32-20(31)12-9-16-7-10-18(11-8-16)33-23(24,25)26/h2-14,21H,15H2,1H3,(H,28,30)/b12-9+. The molecule has 33 heavy (non-hydrogen) atoms. The van der Waals surface area contributed by atoms with Gasteiger partial charge in [-0.15, -0.1) is 13.2 Å². The molecule has 1 N–H and O–H groups in total. The Balaban J connectivity index is 1.55. The highest BCUT2D eigenvalue weighted by molar-refractivity contribution is 5.89. The van der Waals surface area contributed by atoms with Crippen LogP contribution in [-0.4, -0.2) is 34.4 Å². The zero-order chi connectivity index (χ0) is 23.8. The van der Waals surface area contributed by atoms with E-state index in [1.54, 1.807) is 24.0 Å². The Bertz CT molecular complexity index is 1110. The molecule has 0 bridgehead atoms. The maximum atomic E-state index is 12.4. The van der Waals surface area contributed by atoms with Crippen LogP contribution >= 0.6 is 0 Å². The number of aryl methyl sites for hydroxylation is 1. The van der Waals surface area contributed by atoms with Crippen LogP contribution in [0.1, 0.15) is 23.0 Å². The number of carbonyl (C=O) groups excluding carboxylic acids is 2. The highest BCUT2D eigenvalue weighted by Crippen LogP contribution is 2.23. The van der Waals surface area contributed by atoms with Crippen molar-refractivity contribution in [2.24, 2.45) is 7.05 Å². The number of benzene rings is 2. The lowest BCUT2D eigenvalue weighted by Crippen LogP contribution is -2.34. The van der Waals surface area contributed by atoms with Crippen LogP contribution < -0.4 is 10.1 Å². The fourth-order valence-electron chi connectivity index (χ4n) is 2.93. The normalized spacial score (nSPS) is 12.4. The molecule has 1 aromatic heterocycles. The van der Waals surface area contributed by atoms with Gasteiger partial charge >= 0.3 is 12.3 Å². The molecule has 0 aliphatic rings. The minimum Gasteiger partial charge on any atom is -0.452 e. The van der Waals surface area contributed by atoms with Crippen LogP contribution in [0.15, 0.2) is 73.1 Å². The predicted molar refractivity (Wildman–Crippen MR) is 113 cm³/mol. The van der Waals surface area contributed by atoms with E-state index in [4.69, 9.17) is 4.74 Å². The first-order valence-corrected chi connectivity index (χ1v) is 9.73. The number of aromatic nitrogens is 2. The first-order valence-electron chi connectivity index (χ1n) is 9.73. The molecule has 3 aromatic rings. The number of rotatable bonds is 8. The van der Waals surface area contributed by atoms with Gasteiger partial charge in [-0.1, -0.05) is 42.5 Å². The lowest BCUT2D eigenvalue weighted by atomic mass is 10.1. The lowest BCUT2D eigenvalue weighted by Gasteiger charge is -2.19. The Kier molecular flexibility index (Phi) is 7.50. The summed E-state index contributed by atoms with van der Waals surface area (Å²) in [6, 6.07) is 13.6. The molecule has 1 atom stereocenters. The van der Waals surface area contributed by atoms with Crippen LogP contribution in [-0.2, 0) is 21.4 Å². The maximum Gasteiger partial charge on any atom is 0.573 e. The highest BCUT2D eigenvalue weighted by atomic mass is 19.4. The molecule has 7 nitrogen and oxygen atoms in total. The number of amides is 1. The molecule has 3 rings (SSSR count). The quantitative estimate of drug-likeness (QED) is 0.410. The van der Waals surface area contributed by atoms with E-state index in [-0.39, 0.29) is 5.75 Å². The van der Waals surface area contributed by atoms with Crippen molar-refractivity contribution < 1.29 is 32.2 Å². The summed E-state index contributed by atoms with van der Waals surface area (Å²) in [5.74, 6) is -1.07. The number of nitrogens with one attached hydrogen (secondary N) is 1. The molecule has 0 radical (unpaired) electrons. The van der Waals surface area contributed by atoms with Crippen LogP contribution in [0.4, 0.5) is 13.2 Å². The summed E-state index contributed by atoms with van der Waals surface area (Å²) in [5.41, 5.74) is 1.26. The molecular formula is C23H20F3N3O4. The average molecular weight is 459 g/mol. The molecule has 10 heteroatoms. The van der Waals surface area contributed by atoms with E-state index < -0.39 is 30.9 Å². The van der Waals surface area contributed by atoms with Crippen LogP contribution in [0.3, 0.4) is 0 Å². The molecule has 0 saturated carbocycles. The lowest BCUT2D eigenvalue weighted by molar-refractivity contribution is -0.274. The van der Waals surface area contributed by atoms with Crippen LogP contribution in [0.5, 0.6) is 5.75 Å². The topological polar surface area (TPSA) is 82.5 Å². The van der Waals surface area contributed by atoms with Crippen molar-refractivity contribution >= 4 is 18.0 Å². The predicted octanol–water partition coefficient (Wildman–Crippen LogP) is 3.78. The molecule has 2 aromatic carbocycles. The van der Waals surface area contributed by atoms with Gasteiger partial charge in [-0.05, 0) is 29.3 Å². The molecule has 0 spiro atoms. The van der Waals surface area contributed by atoms with Crippen molar-refractivity contribution in [3.63, 3.8) is 0 Å². The van der Waals surface area contributed by atoms with Crippen molar-refractivity contribution in [2.75, 3.05) is 6.61 Å². The van der Waals surface area contributed by atoms with E-state index in [9.17, 15) is 22.8 Å². The van der Waals surface area contributed by atoms with Crippen molar-refractivity contribution in [1.29, 1.82) is 0 Å². The van der Waals surface area contributed by atoms with Crippen molar-refractivity contribution in [1.82, 2.24) is 14.9 Å². The first kappa shape index (κ1) is 23.6. The Hall–Kier alpha value is -4.08. The largest absolute Gasteiger partial charge is 0.573 e. The van der Waals surface area contributed by atoms with Gasteiger partial charge in [0.15, 0.2) is 6.61 Å². The fraction of sp³-hybridized carbons (Fsp3) is 0.174. The van der Waals surface area contributed by atoms with E-state index in [1.165, 1.54) is 18.2 Å². The zero-order valence-corrected chi connectivity index (χ0v) is 17.5. The number of halogens is 3. The van der Waals surface area contributed by atoms with Gasteiger partial charge in [0.25, 0.3) is 5.91 Å². The minimum atomic E-state index is -4.78. The summed E-state index contributed by atoms with van der Waals surface area (Å²) < 4.78 is 47.1. The molecule has 0 aliphatic heterocycles. The summed E-state index contributed by atoms with van der Waals surface area (Å²) in [5, 5.41) is 2.80. The number of hydrogen-bond acceptors (Lipinski definition) is 5. The van der Waals surface area contributed by atoms with Gasteiger partial charge in [-0.25, -0.2) is 9.78 Å². The van der Waals surface area contributed by atoms with Gasteiger partial charge in [0.2, 0.25) is 0 Å². The molecule has 172 valence electrons. The third-order valence-corrected chi connectivity index (χ3v) is 4.43. The van der Waals surface area contributed by atoms with E-state index in [1.807, 2.05) is 30.3 Å². The van der Waals surface area contributed by atoms with Gasteiger partial charge in [0, 0.05) is 25.5 Å². The van der Waals surface area contributed by atoms with Crippen molar-refractivity contribution in [3.8, 4) is 5.75 Å². The van der Waals surface area contributed by atoms with E-state index in [0.29, 0.717) is 11.4 Å². The van der Waals surface area contributed by atoms with Crippen LogP contribution in [0, 0.1) is 0 Å². The van der Waals surface area contributed by atoms with E-state index in [0.717, 1.165) is 23.8 Å². The minimum absolute atomic E-state index is 0.375. The second-order valence-electron chi connectivity index (χ2n) is 6.87. The Morgan fingerprint density at radius 3 is 2.42 bits per heavy atom. The second kappa shape index (κ2) is 10.5. The second-order valence-corrected chi connectivity index (χ2v) is 6.87. The third-order valence-electron chi connectivity index (χ3n) is 4.43. The first-order chi connectivity index (χ1) is 15.7. The SMILES string of the molecule is Cn1ccnc1C(NC(=O)COC(=O)/C=C/c1ccc(OC(F)(F)F)cc1)c1ccccc1. The fourth-order valence-corrected chi connectivity index (χ4v) is 2.93. The van der Waals surface area contributed by atoms with E-state index >= 15 is 0 Å². The summed E-state index contributed by atoms with van der Waals surface area (Å²) in [4.78, 5) is 28.6. The number of hydrogen-bond donors (Lipinski definition) is 1. The number of esters is 1. The summed E-state index contributed by atoms with van der Waals surface area (Å²) in [6.45, 7) is -0.519. The number of alkyl halides is 3. The zero-order valence-electron chi connectivity index (χ0n) is 17.5. The number of nitrogens with zero attached hydrogens (tertiary/aromatic N) is 2. The molecule has 1 unspecified atom stereocenters. The monoisotopic (exact) mass is 459 g/mol.